The van der Waals surface area contributed by atoms with Crippen molar-refractivity contribution in [2.45, 2.75) is 65.5 Å². The lowest BCUT2D eigenvalue weighted by Crippen LogP contribution is -2.54. The summed E-state index contributed by atoms with van der Waals surface area (Å²) in [7, 11) is 0. The van der Waals surface area contributed by atoms with Crippen molar-refractivity contribution < 1.29 is 23.7 Å². The Morgan fingerprint density at radius 1 is 0.983 bits per heavy atom. The first-order valence-electron chi connectivity index (χ1n) is 19.1. The first-order valence-corrected chi connectivity index (χ1v) is 19.1. The van der Waals surface area contributed by atoms with Gasteiger partial charge < -0.3 is 15.5 Å². The van der Waals surface area contributed by atoms with Crippen molar-refractivity contribution in [3.63, 3.8) is 0 Å². The van der Waals surface area contributed by atoms with Gasteiger partial charge in [0.1, 0.15) is 23.4 Å². The van der Waals surface area contributed by atoms with Crippen LogP contribution < -0.4 is 20.4 Å². The second kappa shape index (κ2) is 16.3. The van der Waals surface area contributed by atoms with Gasteiger partial charge in [-0.05, 0) is 89.1 Å². The van der Waals surface area contributed by atoms with E-state index in [4.69, 9.17) is 9.97 Å². The van der Waals surface area contributed by atoms with Crippen LogP contribution in [-0.2, 0) is 16.1 Å². The molecule has 0 bridgehead atoms. The van der Waals surface area contributed by atoms with Crippen LogP contribution in [0.5, 0.6) is 0 Å². The molecule has 0 aliphatic carbocycles. The van der Waals surface area contributed by atoms with Gasteiger partial charge in [-0.25, -0.2) is 29.1 Å². The zero-order valence-corrected chi connectivity index (χ0v) is 32.6. The van der Waals surface area contributed by atoms with Crippen LogP contribution in [0.25, 0.3) is 22.8 Å². The summed E-state index contributed by atoms with van der Waals surface area (Å²) in [6.45, 7) is 8.68. The number of anilines is 4. The number of likely N-dealkylation sites (N-methyl/N-ethyl adjacent to an activating group) is 1. The number of rotatable bonds is 14. The summed E-state index contributed by atoms with van der Waals surface area (Å²) in [5, 5.41) is 21.8. The van der Waals surface area contributed by atoms with E-state index < -0.39 is 22.2 Å². The topological polar surface area (TPSA) is 198 Å². The number of carbonyl (C=O) groups is 3. The third-order valence-electron chi connectivity index (χ3n) is 10.5. The Kier molecular flexibility index (Phi) is 11.1. The van der Waals surface area contributed by atoms with E-state index in [2.05, 4.69) is 25.7 Å². The van der Waals surface area contributed by atoms with Crippen molar-refractivity contribution >= 4 is 46.5 Å². The number of fused-ring (bicyclic) bond motifs is 1. The minimum Gasteiger partial charge on any atom is -0.358 e. The van der Waals surface area contributed by atoms with Gasteiger partial charge in [0, 0.05) is 53.9 Å². The number of nitro groups is 1. The standard InChI is InChI=1S/C40H43FN12O5/c1-5-50-34(54)22-43-36-37(50)47-32(21-42-36)30-15-16-31(45-26(30)3)35-44-24-49(48-35)18-8-6-7-9-19-52-39(56)51(29-13-10-27(41)11-14-29)23-40(52,4)38(55)46-28-12-17-33(53(57)58)25(2)20-28/h10-17,20-21,24H,5-9,18-19,22-23H2,1-4H3,(H,42,43)(H,46,55). The highest BCUT2D eigenvalue weighted by Crippen LogP contribution is 2.34. The fourth-order valence-electron chi connectivity index (χ4n) is 7.28. The highest BCUT2D eigenvalue weighted by Gasteiger charge is 2.51. The molecule has 1 fully saturated rings. The number of hydrogen-bond donors (Lipinski definition) is 2. The van der Waals surface area contributed by atoms with E-state index in [9.17, 15) is 28.9 Å². The van der Waals surface area contributed by atoms with E-state index >= 15 is 0 Å². The Balaban J connectivity index is 0.953. The Morgan fingerprint density at radius 3 is 2.45 bits per heavy atom. The van der Waals surface area contributed by atoms with Gasteiger partial charge in [-0.2, -0.15) is 0 Å². The molecule has 5 heterocycles. The van der Waals surface area contributed by atoms with E-state index in [1.807, 2.05) is 26.0 Å². The second-order valence-corrected chi connectivity index (χ2v) is 14.5. The smallest absolute Gasteiger partial charge is 0.325 e. The molecule has 2 aliphatic rings. The maximum atomic E-state index is 13.9. The van der Waals surface area contributed by atoms with E-state index in [1.165, 1.54) is 47.4 Å². The molecule has 2 aromatic carbocycles. The fraction of sp³-hybridized carbons (Fsp3) is 0.350. The summed E-state index contributed by atoms with van der Waals surface area (Å²) in [5.41, 5.74) is 2.60. The van der Waals surface area contributed by atoms with Crippen LogP contribution in [-0.4, -0.2) is 89.1 Å². The number of amides is 4. The third-order valence-corrected chi connectivity index (χ3v) is 10.5. The van der Waals surface area contributed by atoms with Gasteiger partial charge in [-0.1, -0.05) is 12.8 Å². The third kappa shape index (κ3) is 7.89. The first kappa shape index (κ1) is 39.4. The zero-order chi connectivity index (χ0) is 41.1. The van der Waals surface area contributed by atoms with Crippen LogP contribution in [0.4, 0.5) is 37.9 Å². The molecule has 1 atom stereocenters. The molecule has 7 rings (SSSR count). The van der Waals surface area contributed by atoms with Crippen LogP contribution in [0.2, 0.25) is 0 Å². The molecular weight excluding hydrogens is 748 g/mol. The Hall–Kier alpha value is -6.85. The largest absolute Gasteiger partial charge is 0.358 e. The molecule has 2 N–H and O–H groups in total. The van der Waals surface area contributed by atoms with Crippen molar-refractivity contribution in [1.29, 1.82) is 0 Å². The predicted molar refractivity (Wildman–Crippen MR) is 215 cm³/mol. The van der Waals surface area contributed by atoms with Gasteiger partial charge >= 0.3 is 6.03 Å². The molecule has 18 heteroatoms. The quantitative estimate of drug-likeness (QED) is 0.0745. The summed E-state index contributed by atoms with van der Waals surface area (Å²) >= 11 is 0. The van der Waals surface area contributed by atoms with Crippen LogP contribution in [0.3, 0.4) is 0 Å². The highest BCUT2D eigenvalue weighted by atomic mass is 19.1. The number of urea groups is 1. The summed E-state index contributed by atoms with van der Waals surface area (Å²) in [4.78, 5) is 73.9. The van der Waals surface area contributed by atoms with Gasteiger partial charge in [-0.3, -0.25) is 34.2 Å². The number of halogens is 1. The molecule has 58 heavy (non-hydrogen) atoms. The van der Waals surface area contributed by atoms with Crippen LogP contribution in [0.15, 0.2) is 67.1 Å². The average molecular weight is 791 g/mol. The lowest BCUT2D eigenvalue weighted by atomic mass is 9.99. The van der Waals surface area contributed by atoms with E-state index in [1.54, 1.807) is 40.9 Å². The Morgan fingerprint density at radius 2 is 1.74 bits per heavy atom. The number of aryl methyl sites for hydroxylation is 3. The molecule has 17 nitrogen and oxygen atoms in total. The number of benzene rings is 2. The first-order chi connectivity index (χ1) is 27.9. The number of nitrogens with one attached hydrogen (secondary N) is 2. The lowest BCUT2D eigenvalue weighted by molar-refractivity contribution is -0.385. The monoisotopic (exact) mass is 790 g/mol. The van der Waals surface area contributed by atoms with E-state index in [-0.39, 0.29) is 30.7 Å². The zero-order valence-electron chi connectivity index (χ0n) is 32.6. The van der Waals surface area contributed by atoms with Crippen molar-refractivity contribution in [1.82, 2.24) is 34.6 Å². The Labute approximate surface area is 333 Å². The number of aromatic nitrogens is 6. The number of hydrogen-bond acceptors (Lipinski definition) is 11. The summed E-state index contributed by atoms with van der Waals surface area (Å²) < 4.78 is 15.5. The Bertz CT molecular complexity index is 2390. The number of unbranched alkanes of at least 4 members (excludes halogenated alkanes) is 3. The summed E-state index contributed by atoms with van der Waals surface area (Å²) in [6, 6.07) is 13.2. The van der Waals surface area contributed by atoms with Gasteiger partial charge in [-0.15, -0.1) is 5.10 Å². The minimum absolute atomic E-state index is 0.0285. The summed E-state index contributed by atoms with van der Waals surface area (Å²) in [6.07, 6.45) is 6.35. The highest BCUT2D eigenvalue weighted by molar-refractivity contribution is 6.07. The molecule has 0 saturated carbocycles. The van der Waals surface area contributed by atoms with Gasteiger partial charge in [0.25, 0.3) is 11.6 Å². The van der Waals surface area contributed by atoms with Gasteiger partial charge in [0.05, 0.1) is 29.9 Å². The molecule has 2 aliphatic heterocycles. The van der Waals surface area contributed by atoms with Gasteiger partial charge in [0.2, 0.25) is 5.91 Å². The predicted octanol–water partition coefficient (Wildman–Crippen LogP) is 6.14. The molecule has 1 saturated heterocycles. The van der Waals surface area contributed by atoms with E-state index in [0.29, 0.717) is 77.5 Å². The van der Waals surface area contributed by atoms with Crippen molar-refractivity contribution in [2.24, 2.45) is 0 Å². The minimum atomic E-state index is -1.29. The normalized spacial score (nSPS) is 16.4. The molecule has 5 aromatic rings. The maximum Gasteiger partial charge on any atom is 0.325 e. The molecule has 1 unspecified atom stereocenters. The lowest BCUT2D eigenvalue weighted by Gasteiger charge is -2.32. The SMILES string of the molecule is CCN1C(=O)CNc2ncc(-c3ccc(-c4ncn(CCCCCCN5C(=O)N(c6ccc(F)cc6)CC5(C)C(=O)Nc5ccc([N+](=O)[O-])c(C)c5)n4)nc3C)nc21. The van der Waals surface area contributed by atoms with Gasteiger partial charge in [0.15, 0.2) is 17.5 Å². The number of pyridine rings is 1. The summed E-state index contributed by atoms with van der Waals surface area (Å²) in [5.74, 6) is 0.606. The van der Waals surface area contributed by atoms with Crippen LogP contribution in [0, 0.1) is 29.8 Å². The average Bonchev–Trinajstić information content (AvgIpc) is 3.78. The van der Waals surface area contributed by atoms with Crippen molar-refractivity contribution in [2.75, 3.05) is 46.6 Å². The number of nitro benzene ring substituents is 1. The van der Waals surface area contributed by atoms with Crippen LogP contribution >= 0.6 is 0 Å². The maximum absolute atomic E-state index is 13.9. The van der Waals surface area contributed by atoms with Crippen molar-refractivity contribution in [3.05, 3.63) is 94.3 Å². The molecule has 0 spiro atoms. The van der Waals surface area contributed by atoms with Crippen LogP contribution in [0.1, 0.15) is 50.8 Å². The van der Waals surface area contributed by atoms with E-state index in [0.717, 1.165) is 24.8 Å². The number of carbonyl (C=O) groups excluding carboxylic acids is 3. The van der Waals surface area contributed by atoms with Crippen molar-refractivity contribution in [3.8, 4) is 22.8 Å². The molecule has 0 radical (unpaired) electrons. The fourth-order valence-corrected chi connectivity index (χ4v) is 7.28. The number of nitrogens with zero attached hydrogens (tertiary/aromatic N) is 10. The molecular formula is C40H43FN12O5. The molecule has 4 amide bonds. The molecule has 300 valence electrons. The second-order valence-electron chi connectivity index (χ2n) is 14.5. The molecule has 3 aromatic heterocycles.